The van der Waals surface area contributed by atoms with Crippen LogP contribution in [0.4, 0.5) is 13.2 Å². The highest BCUT2D eigenvalue weighted by Gasteiger charge is 2.42. The first-order chi connectivity index (χ1) is 5.86. The fourth-order valence-corrected chi connectivity index (χ4v) is 1.55. The Kier molecular flexibility index (Phi) is 2.34. The maximum Gasteiger partial charge on any atom is 0.483 e. The Morgan fingerprint density at radius 2 is 1.62 bits per heavy atom. The average Bonchev–Trinajstić information content (AvgIpc) is 2.04. The summed E-state index contributed by atoms with van der Waals surface area (Å²) in [7, 11) is -4.68. The van der Waals surface area contributed by atoms with Gasteiger partial charge >= 0.3 is 5.51 Å². The van der Waals surface area contributed by atoms with Crippen molar-refractivity contribution in [2.75, 3.05) is 0 Å². The molecule has 0 aliphatic rings. The summed E-state index contributed by atoms with van der Waals surface area (Å²) in [5, 5.41) is 0. The first-order valence-electron chi connectivity index (χ1n) is 3.26. The molecule has 0 aliphatic heterocycles. The van der Waals surface area contributed by atoms with Crippen LogP contribution >= 0.6 is 0 Å². The summed E-state index contributed by atoms with van der Waals surface area (Å²) < 4.78 is 53.8. The predicted octanol–water partition coefficient (Wildman–Crippen LogP) is 2.61. The molecule has 0 saturated carbocycles. The molecule has 1 aromatic rings. The summed E-state index contributed by atoms with van der Waals surface area (Å²) in [6, 6.07) is 6.19. The lowest BCUT2D eigenvalue weighted by Crippen LogP contribution is -2.21. The molecule has 0 aliphatic carbocycles. The van der Waals surface area contributed by atoms with E-state index < -0.39 is 20.1 Å². The predicted molar refractivity (Wildman–Crippen MR) is 41.6 cm³/mol. The summed E-state index contributed by atoms with van der Waals surface area (Å²) >= 11 is 0. The molecule has 0 heterocycles. The Balaban J connectivity index is 3.26. The summed E-state index contributed by atoms with van der Waals surface area (Å²) in [6.07, 6.45) is 0. The molecule has 0 spiro atoms. The van der Waals surface area contributed by atoms with Gasteiger partial charge in [-0.3, -0.25) is 0 Å². The lowest BCUT2D eigenvalue weighted by molar-refractivity contribution is -0.0406. The van der Waals surface area contributed by atoms with Crippen LogP contribution in [0, 0.1) is 4.78 Å². The van der Waals surface area contributed by atoms with Crippen molar-refractivity contribution in [3.05, 3.63) is 30.3 Å². The maximum atomic E-state index is 12.1. The molecule has 1 N–H and O–H groups in total. The Labute approximate surface area is 73.4 Å². The summed E-state index contributed by atoms with van der Waals surface area (Å²) in [5.74, 6) is 0. The molecule has 1 atom stereocenters. The third kappa shape index (κ3) is 1.82. The lowest BCUT2D eigenvalue weighted by atomic mass is 10.4. The van der Waals surface area contributed by atoms with E-state index in [2.05, 4.69) is 0 Å². The van der Waals surface area contributed by atoms with Crippen LogP contribution in [0.25, 0.3) is 0 Å². The first kappa shape index (κ1) is 10.0. The molecule has 0 unspecified atom stereocenters. The van der Waals surface area contributed by atoms with Crippen LogP contribution in [-0.2, 0) is 9.73 Å². The number of alkyl halides is 3. The molecular formula is C7H6F3NOS. The molecule has 2 nitrogen and oxygen atoms in total. The van der Waals surface area contributed by atoms with E-state index in [9.17, 15) is 17.4 Å². The van der Waals surface area contributed by atoms with Crippen LogP contribution < -0.4 is 0 Å². The monoisotopic (exact) mass is 209 g/mol. The fourth-order valence-electron chi connectivity index (χ4n) is 0.746. The summed E-state index contributed by atoms with van der Waals surface area (Å²) in [6.45, 7) is 0. The zero-order valence-electron chi connectivity index (χ0n) is 6.34. The second kappa shape index (κ2) is 3.02. The topological polar surface area (TPSA) is 40.9 Å². The smallest absolute Gasteiger partial charge is 0.241 e. The van der Waals surface area contributed by atoms with Gasteiger partial charge in [-0.25, -0.2) is 8.99 Å². The Morgan fingerprint density at radius 1 is 1.15 bits per heavy atom. The average molecular weight is 209 g/mol. The van der Waals surface area contributed by atoms with Gasteiger partial charge in [-0.1, -0.05) is 18.2 Å². The number of halogens is 3. The molecule has 0 radical (unpaired) electrons. The largest absolute Gasteiger partial charge is 0.483 e. The van der Waals surface area contributed by atoms with E-state index in [-0.39, 0.29) is 0 Å². The molecule has 1 rings (SSSR count). The van der Waals surface area contributed by atoms with Gasteiger partial charge in [-0.15, -0.1) is 0 Å². The van der Waals surface area contributed by atoms with Crippen LogP contribution in [-0.4, -0.2) is 9.72 Å². The van der Waals surface area contributed by atoms with Gasteiger partial charge in [-0.05, 0) is 12.1 Å². The Bertz CT molecular complexity index is 382. The zero-order valence-corrected chi connectivity index (χ0v) is 7.15. The van der Waals surface area contributed by atoms with Crippen molar-refractivity contribution in [1.29, 1.82) is 4.78 Å². The van der Waals surface area contributed by atoms with Crippen LogP contribution in [0.3, 0.4) is 0 Å². The van der Waals surface area contributed by atoms with E-state index in [1.165, 1.54) is 18.2 Å². The molecule has 0 fully saturated rings. The fraction of sp³-hybridized carbons (Fsp3) is 0.143. The van der Waals surface area contributed by atoms with Gasteiger partial charge < -0.3 is 0 Å². The molecule has 0 amide bonds. The minimum absolute atomic E-state index is 0.512. The van der Waals surface area contributed by atoms with E-state index in [1.54, 1.807) is 0 Å². The molecule has 1 aromatic carbocycles. The summed E-state index contributed by atoms with van der Waals surface area (Å²) in [4.78, 5) is -0.512. The van der Waals surface area contributed by atoms with Crippen molar-refractivity contribution < 1.29 is 17.4 Å². The lowest BCUT2D eigenvalue weighted by Gasteiger charge is -2.10. The highest BCUT2D eigenvalue weighted by Crippen LogP contribution is 2.30. The number of hydrogen-bond acceptors (Lipinski definition) is 2. The van der Waals surface area contributed by atoms with Crippen LogP contribution in [0.5, 0.6) is 0 Å². The third-order valence-corrected chi connectivity index (χ3v) is 2.99. The third-order valence-electron chi connectivity index (χ3n) is 1.40. The standard InChI is InChI=1S/C7H6F3NOS/c8-7(9,10)13(11,12)6-4-2-1-3-5-6/h1-5,11H/t13-/m0/s1. The van der Waals surface area contributed by atoms with Crippen molar-refractivity contribution >= 4 is 9.73 Å². The molecule has 0 saturated heterocycles. The van der Waals surface area contributed by atoms with Crippen molar-refractivity contribution in [2.24, 2.45) is 0 Å². The maximum absolute atomic E-state index is 12.1. The number of hydrogen-bond donors (Lipinski definition) is 1. The van der Waals surface area contributed by atoms with E-state index in [4.69, 9.17) is 4.78 Å². The molecular weight excluding hydrogens is 203 g/mol. The second-order valence-electron chi connectivity index (χ2n) is 2.31. The molecule has 0 bridgehead atoms. The van der Waals surface area contributed by atoms with Crippen molar-refractivity contribution in [2.45, 2.75) is 10.4 Å². The van der Waals surface area contributed by atoms with Gasteiger partial charge in [0.05, 0.1) is 4.90 Å². The van der Waals surface area contributed by atoms with E-state index in [0.29, 0.717) is 0 Å². The van der Waals surface area contributed by atoms with Crippen molar-refractivity contribution in [1.82, 2.24) is 0 Å². The normalized spacial score (nSPS) is 16.5. The van der Waals surface area contributed by atoms with Gasteiger partial charge in [0.15, 0.2) is 9.73 Å². The van der Waals surface area contributed by atoms with E-state index >= 15 is 0 Å². The van der Waals surface area contributed by atoms with E-state index in [1.807, 2.05) is 0 Å². The molecule has 6 heteroatoms. The highest BCUT2D eigenvalue weighted by molar-refractivity contribution is 7.93. The van der Waals surface area contributed by atoms with Crippen LogP contribution in [0.15, 0.2) is 35.2 Å². The Hall–Kier alpha value is -1.04. The number of nitrogens with one attached hydrogen (secondary N) is 1. The van der Waals surface area contributed by atoms with E-state index in [0.717, 1.165) is 12.1 Å². The van der Waals surface area contributed by atoms with Crippen LogP contribution in [0.2, 0.25) is 0 Å². The summed E-state index contributed by atoms with van der Waals surface area (Å²) in [5.41, 5.74) is -5.01. The first-order valence-corrected chi connectivity index (χ1v) is 4.81. The van der Waals surface area contributed by atoms with Gasteiger partial charge in [0.25, 0.3) is 0 Å². The van der Waals surface area contributed by atoms with Gasteiger partial charge in [0.1, 0.15) is 0 Å². The number of rotatable bonds is 1. The van der Waals surface area contributed by atoms with Crippen molar-refractivity contribution in [3.8, 4) is 0 Å². The van der Waals surface area contributed by atoms with Gasteiger partial charge in [-0.2, -0.15) is 13.2 Å². The minimum atomic E-state index is -5.01. The van der Waals surface area contributed by atoms with Gasteiger partial charge in [0, 0.05) is 0 Å². The molecule has 13 heavy (non-hydrogen) atoms. The SMILES string of the molecule is N=[S@](=O)(c1ccccc1)C(F)(F)F. The second-order valence-corrected chi connectivity index (χ2v) is 4.36. The minimum Gasteiger partial charge on any atom is -0.241 e. The molecule has 72 valence electrons. The van der Waals surface area contributed by atoms with Crippen LogP contribution in [0.1, 0.15) is 0 Å². The highest BCUT2D eigenvalue weighted by atomic mass is 32.2. The van der Waals surface area contributed by atoms with Gasteiger partial charge in [0.2, 0.25) is 0 Å². The molecule has 0 aromatic heterocycles. The quantitative estimate of drug-likeness (QED) is 0.758. The number of benzene rings is 1. The van der Waals surface area contributed by atoms with Crippen molar-refractivity contribution in [3.63, 3.8) is 0 Å². The zero-order chi connectivity index (χ0) is 10.1. The Morgan fingerprint density at radius 3 is 2.00 bits per heavy atom.